The quantitative estimate of drug-likeness (QED) is 0.308. The molecule has 3 aromatic rings. The highest BCUT2D eigenvalue weighted by Crippen LogP contribution is 2.19. The number of amides is 3. The molecule has 0 aliphatic rings. The Morgan fingerprint density at radius 1 is 0.800 bits per heavy atom. The van der Waals surface area contributed by atoms with Gasteiger partial charge in [-0.25, -0.2) is 4.79 Å². The average Bonchev–Trinajstić information content (AvgIpc) is 2.85. The Hall–Kier alpha value is -4.37. The molecule has 0 bridgehead atoms. The number of phenolic OH excluding ortho intramolecular Hbond substituents is 1. The van der Waals surface area contributed by atoms with Crippen molar-refractivity contribution < 1.29 is 29.4 Å². The molecular formula is C25H22ClN3O6. The number of aliphatic carboxylic acids is 1. The maximum atomic E-state index is 12.6. The van der Waals surface area contributed by atoms with Crippen LogP contribution in [-0.4, -0.2) is 46.5 Å². The van der Waals surface area contributed by atoms with Crippen LogP contribution < -0.4 is 16.0 Å². The average molecular weight is 496 g/mol. The largest absolute Gasteiger partial charge is 0.507 e. The Bertz CT molecular complexity index is 1250. The lowest BCUT2D eigenvalue weighted by Gasteiger charge is -2.16. The van der Waals surface area contributed by atoms with Gasteiger partial charge in [0.05, 0.1) is 16.1 Å². The maximum absolute atomic E-state index is 12.6. The molecule has 5 N–H and O–H groups in total. The van der Waals surface area contributed by atoms with Gasteiger partial charge in [-0.2, -0.15) is 0 Å². The van der Waals surface area contributed by atoms with Crippen LogP contribution in [0.1, 0.15) is 36.6 Å². The van der Waals surface area contributed by atoms with Crippen molar-refractivity contribution in [3.8, 4) is 5.75 Å². The van der Waals surface area contributed by atoms with E-state index in [4.69, 9.17) is 11.6 Å². The molecule has 0 heterocycles. The van der Waals surface area contributed by atoms with Gasteiger partial charge in [0.2, 0.25) is 0 Å². The molecule has 0 unspecified atom stereocenters. The zero-order valence-electron chi connectivity index (χ0n) is 18.3. The number of benzene rings is 3. The predicted octanol–water partition coefficient (Wildman–Crippen LogP) is 2.59. The number of halogens is 1. The highest BCUT2D eigenvalue weighted by molar-refractivity contribution is 6.34. The van der Waals surface area contributed by atoms with E-state index in [1.165, 1.54) is 24.3 Å². The second kappa shape index (κ2) is 11.7. The Morgan fingerprint density at radius 3 is 2.14 bits per heavy atom. The third-order valence-electron chi connectivity index (χ3n) is 4.99. The molecule has 0 radical (unpaired) electrons. The molecule has 0 saturated carbocycles. The van der Waals surface area contributed by atoms with Crippen molar-refractivity contribution in [2.24, 2.45) is 0 Å². The fourth-order valence-electron chi connectivity index (χ4n) is 3.12. The summed E-state index contributed by atoms with van der Waals surface area (Å²) in [4.78, 5) is 48.6. The highest BCUT2D eigenvalue weighted by atomic mass is 35.5. The van der Waals surface area contributed by atoms with Gasteiger partial charge in [0.1, 0.15) is 11.8 Å². The monoisotopic (exact) mass is 495 g/mol. The molecule has 10 heteroatoms. The minimum Gasteiger partial charge on any atom is -0.507 e. The van der Waals surface area contributed by atoms with Gasteiger partial charge in [-0.3, -0.25) is 14.4 Å². The van der Waals surface area contributed by atoms with Crippen molar-refractivity contribution >= 4 is 35.3 Å². The summed E-state index contributed by atoms with van der Waals surface area (Å²) < 4.78 is 0. The third-order valence-corrected chi connectivity index (χ3v) is 5.30. The molecule has 1 atom stereocenters. The summed E-state index contributed by atoms with van der Waals surface area (Å²) in [6.45, 7) is -0.249. The van der Waals surface area contributed by atoms with Crippen LogP contribution in [0.15, 0.2) is 72.8 Å². The number of carbonyl (C=O) groups is 4. The van der Waals surface area contributed by atoms with E-state index < -0.39 is 29.7 Å². The van der Waals surface area contributed by atoms with E-state index >= 15 is 0 Å². The van der Waals surface area contributed by atoms with Gasteiger partial charge in [-0.05, 0) is 42.0 Å². The first-order valence-electron chi connectivity index (χ1n) is 10.5. The molecule has 0 spiro atoms. The fraction of sp³-hybridized carbons (Fsp3) is 0.120. The van der Waals surface area contributed by atoms with E-state index in [9.17, 15) is 29.4 Å². The lowest BCUT2D eigenvalue weighted by atomic mass is 10.1. The van der Waals surface area contributed by atoms with Gasteiger partial charge in [-0.15, -0.1) is 0 Å². The van der Waals surface area contributed by atoms with Crippen LogP contribution in [0.5, 0.6) is 5.75 Å². The van der Waals surface area contributed by atoms with Gasteiger partial charge in [-0.1, -0.05) is 48.0 Å². The van der Waals surface area contributed by atoms with Crippen molar-refractivity contribution in [3.05, 3.63) is 100 Å². The van der Waals surface area contributed by atoms with Crippen LogP contribution >= 0.6 is 11.6 Å². The first-order chi connectivity index (χ1) is 16.8. The van der Waals surface area contributed by atoms with E-state index in [1.807, 2.05) is 0 Å². The number of hydrogen-bond donors (Lipinski definition) is 5. The summed E-state index contributed by atoms with van der Waals surface area (Å²) in [5, 5.41) is 26.7. The van der Waals surface area contributed by atoms with Crippen molar-refractivity contribution in [3.63, 3.8) is 0 Å². The lowest BCUT2D eigenvalue weighted by molar-refractivity contribution is -0.139. The smallest absolute Gasteiger partial charge is 0.328 e. The van der Waals surface area contributed by atoms with Gasteiger partial charge in [0.25, 0.3) is 17.7 Å². The lowest BCUT2D eigenvalue weighted by Crippen LogP contribution is -2.48. The normalized spacial score (nSPS) is 11.2. The number of carbonyl (C=O) groups excluding carboxylic acids is 3. The summed E-state index contributed by atoms with van der Waals surface area (Å²) in [5.74, 6) is -3.17. The Kier molecular flexibility index (Phi) is 8.42. The first-order valence-corrected chi connectivity index (χ1v) is 10.9. The van der Waals surface area contributed by atoms with E-state index in [1.54, 1.807) is 48.5 Å². The van der Waals surface area contributed by atoms with Gasteiger partial charge < -0.3 is 26.2 Å². The molecule has 3 aromatic carbocycles. The second-order valence-electron chi connectivity index (χ2n) is 7.45. The van der Waals surface area contributed by atoms with E-state index in [-0.39, 0.29) is 35.0 Å². The minimum atomic E-state index is -1.39. The molecule has 0 saturated heterocycles. The van der Waals surface area contributed by atoms with Crippen LogP contribution in [0.3, 0.4) is 0 Å². The molecule has 0 aromatic heterocycles. The topological polar surface area (TPSA) is 145 Å². The number of carboxylic acid groups (broad SMARTS) is 1. The minimum absolute atomic E-state index is 0.0306. The standard InChI is InChI=1S/C25H22ClN3O6/c26-19-12-15(13-27-23(32)18-8-4-5-9-21(18)30)10-11-17(19)24(33)29-20(25(34)35)14-28-22(31)16-6-2-1-3-7-16/h1-12,20,30H,13-14H2,(H,27,32)(H,28,31)(H,29,33)(H,34,35)/t20-/m0/s1. The number of carboxylic acids is 1. The summed E-state index contributed by atoms with van der Waals surface area (Å²) in [7, 11) is 0. The molecular weight excluding hydrogens is 474 g/mol. The van der Waals surface area contributed by atoms with Crippen molar-refractivity contribution in [2.75, 3.05) is 6.54 Å². The fourth-order valence-corrected chi connectivity index (χ4v) is 3.41. The zero-order valence-corrected chi connectivity index (χ0v) is 19.1. The summed E-state index contributed by atoms with van der Waals surface area (Å²) in [6.07, 6.45) is 0. The third kappa shape index (κ3) is 6.81. The summed E-state index contributed by atoms with van der Waals surface area (Å²) in [6, 6.07) is 17.4. The van der Waals surface area contributed by atoms with Crippen LogP contribution in [0.25, 0.3) is 0 Å². The Balaban J connectivity index is 1.59. The van der Waals surface area contributed by atoms with Crippen LogP contribution in [0, 0.1) is 0 Å². The molecule has 0 fully saturated rings. The van der Waals surface area contributed by atoms with E-state index in [0.717, 1.165) is 0 Å². The van der Waals surface area contributed by atoms with E-state index in [2.05, 4.69) is 16.0 Å². The maximum Gasteiger partial charge on any atom is 0.328 e. The molecule has 3 amide bonds. The number of phenols is 1. The van der Waals surface area contributed by atoms with Crippen molar-refractivity contribution in [1.29, 1.82) is 0 Å². The molecule has 3 rings (SSSR count). The Labute approximate surface area is 205 Å². The van der Waals surface area contributed by atoms with Crippen molar-refractivity contribution in [2.45, 2.75) is 12.6 Å². The SMILES string of the molecule is O=C(NC[C@H](NC(=O)c1ccc(CNC(=O)c2ccccc2O)cc1Cl)C(=O)O)c1ccccc1. The number of hydrogen-bond acceptors (Lipinski definition) is 5. The van der Waals surface area contributed by atoms with Crippen LogP contribution in [0.4, 0.5) is 0 Å². The van der Waals surface area contributed by atoms with Crippen LogP contribution in [0.2, 0.25) is 5.02 Å². The first kappa shape index (κ1) is 25.3. The molecule has 9 nitrogen and oxygen atoms in total. The van der Waals surface area contributed by atoms with Crippen LogP contribution in [-0.2, 0) is 11.3 Å². The molecule has 180 valence electrons. The molecule has 0 aliphatic carbocycles. The van der Waals surface area contributed by atoms with Gasteiger partial charge in [0.15, 0.2) is 0 Å². The Morgan fingerprint density at radius 2 is 1.49 bits per heavy atom. The van der Waals surface area contributed by atoms with Gasteiger partial charge >= 0.3 is 5.97 Å². The number of nitrogens with one attached hydrogen (secondary N) is 3. The zero-order chi connectivity index (χ0) is 25.4. The molecule has 35 heavy (non-hydrogen) atoms. The summed E-state index contributed by atoms with van der Waals surface area (Å²) in [5.41, 5.74) is 1.09. The number of aromatic hydroxyl groups is 1. The van der Waals surface area contributed by atoms with Crippen molar-refractivity contribution in [1.82, 2.24) is 16.0 Å². The number of para-hydroxylation sites is 1. The predicted molar refractivity (Wildman–Crippen MR) is 128 cm³/mol. The van der Waals surface area contributed by atoms with E-state index in [0.29, 0.717) is 11.1 Å². The van der Waals surface area contributed by atoms with Gasteiger partial charge in [0, 0.05) is 18.7 Å². The summed E-state index contributed by atoms with van der Waals surface area (Å²) >= 11 is 6.22. The second-order valence-corrected chi connectivity index (χ2v) is 7.86. The highest BCUT2D eigenvalue weighted by Gasteiger charge is 2.23. The number of rotatable bonds is 9. The molecule has 0 aliphatic heterocycles.